The number of nitrogens with zero attached hydrogens (tertiary/aromatic N) is 2. The molecule has 0 unspecified atom stereocenters. The number of H-pyrrole nitrogens is 1. The van der Waals surface area contributed by atoms with Crippen molar-refractivity contribution in [3.05, 3.63) is 10.4 Å². The number of anilines is 3. The van der Waals surface area contributed by atoms with Crippen LogP contribution in [0.3, 0.4) is 0 Å². The van der Waals surface area contributed by atoms with Crippen LogP contribution in [0.1, 0.15) is 6.92 Å². The van der Waals surface area contributed by atoms with E-state index in [4.69, 9.17) is 5.73 Å². The number of nitrogen functional groups attached to an aromatic ring is 1. The summed E-state index contributed by atoms with van der Waals surface area (Å²) < 4.78 is 0. The molecule has 1 aromatic rings. The number of hydrogen-bond donors (Lipinski definition) is 4. The molecule has 5 N–H and O–H groups in total. The van der Waals surface area contributed by atoms with Crippen molar-refractivity contribution in [1.82, 2.24) is 15.5 Å². The van der Waals surface area contributed by atoms with E-state index in [1.54, 1.807) is 5.01 Å². The first-order valence-corrected chi connectivity index (χ1v) is 3.91. The second-order valence-electron chi connectivity index (χ2n) is 2.63. The van der Waals surface area contributed by atoms with E-state index in [-0.39, 0.29) is 11.5 Å². The first-order chi connectivity index (χ1) is 6.22. The van der Waals surface area contributed by atoms with Gasteiger partial charge in [0.1, 0.15) is 0 Å². The van der Waals surface area contributed by atoms with Gasteiger partial charge >= 0.3 is 0 Å². The lowest BCUT2D eigenvalue weighted by Crippen LogP contribution is -2.36. The maximum absolute atomic E-state index is 11.3. The van der Waals surface area contributed by atoms with E-state index in [2.05, 4.69) is 20.9 Å². The van der Waals surface area contributed by atoms with E-state index in [9.17, 15) is 4.79 Å². The number of hydrazine groups is 2. The van der Waals surface area contributed by atoms with Gasteiger partial charge in [-0.25, -0.2) is 0 Å². The monoisotopic (exact) mass is 182 g/mol. The highest BCUT2D eigenvalue weighted by molar-refractivity contribution is 5.68. The van der Waals surface area contributed by atoms with Crippen LogP contribution >= 0.6 is 0 Å². The fraction of sp³-hybridized carbons (Fsp3) is 0.333. The van der Waals surface area contributed by atoms with Gasteiger partial charge < -0.3 is 5.73 Å². The zero-order chi connectivity index (χ0) is 9.42. The lowest BCUT2D eigenvalue weighted by Gasteiger charge is -2.12. The van der Waals surface area contributed by atoms with Crippen molar-refractivity contribution >= 4 is 17.5 Å². The number of nitrogens with one attached hydrogen (secondary N) is 3. The fourth-order valence-electron chi connectivity index (χ4n) is 1.19. The topological polar surface area (TPSA) is 99.1 Å². The van der Waals surface area contributed by atoms with Gasteiger partial charge in [0.05, 0.1) is 0 Å². The minimum Gasteiger partial charge on any atom is -0.369 e. The normalized spacial score (nSPS) is 14.1. The predicted molar refractivity (Wildman–Crippen MR) is 49.0 cm³/mol. The lowest BCUT2D eigenvalue weighted by molar-refractivity contribution is 0.743. The molecule has 0 fully saturated rings. The molecule has 7 heteroatoms. The van der Waals surface area contributed by atoms with E-state index < -0.39 is 0 Å². The summed E-state index contributed by atoms with van der Waals surface area (Å²) in [7, 11) is 0. The molecule has 0 atom stereocenters. The Hall–Kier alpha value is -1.76. The van der Waals surface area contributed by atoms with Gasteiger partial charge in [0, 0.05) is 6.54 Å². The van der Waals surface area contributed by atoms with Gasteiger partial charge in [-0.3, -0.25) is 20.2 Å². The molecule has 0 aliphatic carbocycles. The predicted octanol–water partition coefficient (Wildman–Crippen LogP) is -0.976. The first kappa shape index (κ1) is 7.87. The number of fused-ring (bicyclic) bond motifs is 1. The van der Waals surface area contributed by atoms with Gasteiger partial charge in [-0.05, 0) is 6.92 Å². The molecule has 1 aromatic heterocycles. The van der Waals surface area contributed by atoms with Crippen molar-refractivity contribution in [2.45, 2.75) is 6.92 Å². The van der Waals surface area contributed by atoms with Crippen LogP contribution in [0.4, 0.5) is 17.5 Å². The molecule has 2 heterocycles. The average Bonchev–Trinajstić information content (AvgIpc) is 2.47. The van der Waals surface area contributed by atoms with E-state index in [0.717, 1.165) is 0 Å². The van der Waals surface area contributed by atoms with Crippen molar-refractivity contribution < 1.29 is 0 Å². The second-order valence-corrected chi connectivity index (χ2v) is 2.63. The molecule has 0 saturated carbocycles. The second kappa shape index (κ2) is 2.63. The van der Waals surface area contributed by atoms with Crippen LogP contribution in [0, 0.1) is 0 Å². The van der Waals surface area contributed by atoms with Crippen LogP contribution in [0.25, 0.3) is 0 Å². The number of hydrogen-bond acceptors (Lipinski definition) is 6. The first-order valence-electron chi connectivity index (χ1n) is 3.91. The molecule has 0 spiro atoms. The van der Waals surface area contributed by atoms with Crippen LogP contribution in [-0.4, -0.2) is 16.5 Å². The smallest absolute Gasteiger partial charge is 0.279 e. The van der Waals surface area contributed by atoms with Gasteiger partial charge in [-0.2, -0.15) is 4.98 Å². The molecular weight excluding hydrogens is 172 g/mol. The van der Waals surface area contributed by atoms with Gasteiger partial charge in [0.25, 0.3) is 5.56 Å². The third-order valence-electron chi connectivity index (χ3n) is 1.81. The third-order valence-corrected chi connectivity index (χ3v) is 1.81. The summed E-state index contributed by atoms with van der Waals surface area (Å²) in [6.45, 7) is 2.62. The molecule has 1 aliphatic rings. The molecule has 7 nitrogen and oxygen atoms in total. The molecule has 13 heavy (non-hydrogen) atoms. The van der Waals surface area contributed by atoms with Crippen LogP contribution in [0.15, 0.2) is 4.79 Å². The third kappa shape index (κ3) is 1.09. The molecule has 0 bridgehead atoms. The molecule has 1 aliphatic heterocycles. The minimum absolute atomic E-state index is 0.118. The average molecular weight is 182 g/mol. The Kier molecular flexibility index (Phi) is 1.59. The summed E-state index contributed by atoms with van der Waals surface area (Å²) in [5.41, 5.74) is 11.0. The standard InChI is InChI=1S/C6H10N6O/c1-2-12-4-3(10-11-12)5(13)9-6(7)8-4/h10-11H,2H2,1H3,(H3,7,8,9,13). The molecule has 2 rings (SSSR count). The Bertz CT molecular complexity index is 385. The van der Waals surface area contributed by atoms with Crippen LogP contribution < -0.4 is 27.3 Å². The molecule has 70 valence electrons. The largest absolute Gasteiger partial charge is 0.369 e. The summed E-state index contributed by atoms with van der Waals surface area (Å²) >= 11 is 0. The molecule has 0 amide bonds. The number of rotatable bonds is 1. The van der Waals surface area contributed by atoms with Gasteiger partial charge in [-0.15, -0.1) is 5.53 Å². The number of nitrogens with two attached hydrogens (primary N) is 1. The van der Waals surface area contributed by atoms with Crippen LogP contribution in [-0.2, 0) is 0 Å². The van der Waals surface area contributed by atoms with Crippen molar-refractivity contribution in [2.24, 2.45) is 0 Å². The van der Waals surface area contributed by atoms with Gasteiger partial charge in [0.2, 0.25) is 5.95 Å². The van der Waals surface area contributed by atoms with Crippen molar-refractivity contribution in [2.75, 3.05) is 22.7 Å². The van der Waals surface area contributed by atoms with Crippen LogP contribution in [0.5, 0.6) is 0 Å². The number of aromatic amines is 1. The zero-order valence-electron chi connectivity index (χ0n) is 7.09. The Balaban J connectivity index is 2.58. The maximum atomic E-state index is 11.3. The summed E-state index contributed by atoms with van der Waals surface area (Å²) in [5.74, 6) is 0.649. The van der Waals surface area contributed by atoms with Crippen molar-refractivity contribution in [3.8, 4) is 0 Å². The molecule has 0 radical (unpaired) electrons. The highest BCUT2D eigenvalue weighted by Crippen LogP contribution is 2.21. The van der Waals surface area contributed by atoms with Gasteiger partial charge in [0.15, 0.2) is 11.5 Å². The zero-order valence-corrected chi connectivity index (χ0v) is 7.09. The highest BCUT2D eigenvalue weighted by atomic mass is 16.1. The Labute approximate surface area is 73.9 Å². The summed E-state index contributed by atoms with van der Waals surface area (Å²) in [4.78, 5) is 17.7. The quantitative estimate of drug-likeness (QED) is 0.445. The highest BCUT2D eigenvalue weighted by Gasteiger charge is 2.21. The number of aromatic nitrogens is 2. The Morgan fingerprint density at radius 2 is 2.38 bits per heavy atom. The van der Waals surface area contributed by atoms with E-state index in [1.807, 2.05) is 6.92 Å². The van der Waals surface area contributed by atoms with E-state index in [0.29, 0.717) is 18.1 Å². The fourth-order valence-corrected chi connectivity index (χ4v) is 1.19. The summed E-state index contributed by atoms with van der Waals surface area (Å²) in [6.07, 6.45) is 0. The molecular formula is C6H10N6O. The lowest BCUT2D eigenvalue weighted by atomic mass is 10.4. The maximum Gasteiger partial charge on any atom is 0.279 e. The Morgan fingerprint density at radius 3 is 3.08 bits per heavy atom. The molecule has 0 aromatic carbocycles. The Morgan fingerprint density at radius 1 is 1.62 bits per heavy atom. The minimum atomic E-state index is -0.272. The van der Waals surface area contributed by atoms with E-state index >= 15 is 0 Å². The van der Waals surface area contributed by atoms with Gasteiger partial charge in [-0.1, -0.05) is 0 Å². The summed E-state index contributed by atoms with van der Waals surface area (Å²) in [5, 5.41) is 1.70. The van der Waals surface area contributed by atoms with Crippen molar-refractivity contribution in [1.29, 1.82) is 0 Å². The summed E-state index contributed by atoms with van der Waals surface area (Å²) in [6, 6.07) is 0. The SMILES string of the molecule is CCN1NNc2c1nc(N)[nH]c2=O. The van der Waals surface area contributed by atoms with Crippen LogP contribution in [0.2, 0.25) is 0 Å². The van der Waals surface area contributed by atoms with Crippen molar-refractivity contribution in [3.63, 3.8) is 0 Å². The van der Waals surface area contributed by atoms with E-state index in [1.165, 1.54) is 0 Å². The molecule has 0 saturated heterocycles.